The van der Waals surface area contributed by atoms with Crippen LogP contribution >= 0.6 is 0 Å². The van der Waals surface area contributed by atoms with Gasteiger partial charge in [-0.25, -0.2) is 0 Å². The zero-order chi connectivity index (χ0) is 20.4. The Kier molecular flexibility index (Phi) is 8.53. The fourth-order valence-corrected chi connectivity index (χ4v) is 3.06. The molecule has 1 N–H and O–H groups in total. The zero-order valence-electron chi connectivity index (χ0n) is 16.9. The van der Waals surface area contributed by atoms with Gasteiger partial charge in [0.25, 0.3) is 11.1 Å². The number of nitrogens with one attached hydrogen (secondary N) is 1. The number of unbranched alkanes of at least 4 members (excludes halogenated alkanes) is 5. The number of allylic oxidation sites excluding steroid dienone is 1. The Labute approximate surface area is 165 Å². The molecule has 0 aliphatic carbocycles. The van der Waals surface area contributed by atoms with E-state index >= 15 is 0 Å². The summed E-state index contributed by atoms with van der Waals surface area (Å²) in [5.41, 5.74) is 0.332. The molecule has 2 aromatic rings. The van der Waals surface area contributed by atoms with Crippen LogP contribution in [0.4, 0.5) is 0 Å². The van der Waals surface area contributed by atoms with Crippen molar-refractivity contribution in [2.45, 2.75) is 52.0 Å². The van der Waals surface area contributed by atoms with Gasteiger partial charge in [-0.05, 0) is 36.6 Å². The highest BCUT2D eigenvalue weighted by Gasteiger charge is 2.04. The van der Waals surface area contributed by atoms with Crippen LogP contribution in [0.5, 0.6) is 5.75 Å². The second-order valence-corrected chi connectivity index (χ2v) is 6.78. The van der Waals surface area contributed by atoms with E-state index in [1.54, 1.807) is 19.3 Å². The minimum atomic E-state index is -0.283. The van der Waals surface area contributed by atoms with Crippen molar-refractivity contribution in [2.75, 3.05) is 7.11 Å². The molecule has 150 valence electrons. The summed E-state index contributed by atoms with van der Waals surface area (Å²) in [7, 11) is 1.60. The smallest absolute Gasteiger partial charge is 0.274 e. The highest BCUT2D eigenvalue weighted by Crippen LogP contribution is 2.11. The molecule has 0 bridgehead atoms. The lowest BCUT2D eigenvalue weighted by Gasteiger charge is -2.05. The highest BCUT2D eigenvalue weighted by molar-refractivity contribution is 5.49. The summed E-state index contributed by atoms with van der Waals surface area (Å²) in [6.45, 7) is 6.18. The Balaban J connectivity index is 2.40. The molecule has 1 aromatic carbocycles. The summed E-state index contributed by atoms with van der Waals surface area (Å²) >= 11 is 0. The van der Waals surface area contributed by atoms with E-state index in [-0.39, 0.29) is 17.7 Å². The molecule has 5 nitrogen and oxygen atoms in total. The maximum absolute atomic E-state index is 12.9. The third-order valence-electron chi connectivity index (χ3n) is 4.63. The molecule has 28 heavy (non-hydrogen) atoms. The van der Waals surface area contributed by atoms with Crippen LogP contribution in [0, 0.1) is 0 Å². The Hall–Kier alpha value is -2.82. The monoisotopic (exact) mass is 382 g/mol. The summed E-state index contributed by atoms with van der Waals surface area (Å²) in [6, 6.07) is 7.32. The fourth-order valence-electron chi connectivity index (χ4n) is 3.06. The van der Waals surface area contributed by atoms with E-state index in [1.165, 1.54) is 23.8 Å². The standard InChI is InChI=1S/C23H30N2O3/c1-4-6-7-8-9-10-11-20-23(27)25(16-5-2)21(22(26)24-20)17-18-12-14-19(28-3)15-13-18/h5,11-15,17H,2,4,6-10,16H2,1,3H3,(H,24,26)/b20-11-,21-17-. The molecule has 0 spiro atoms. The second kappa shape index (κ2) is 11.1. The lowest BCUT2D eigenvalue weighted by atomic mass is 10.1. The van der Waals surface area contributed by atoms with Crippen molar-refractivity contribution < 1.29 is 4.74 Å². The van der Waals surface area contributed by atoms with E-state index < -0.39 is 0 Å². The largest absolute Gasteiger partial charge is 0.497 e. The second-order valence-electron chi connectivity index (χ2n) is 6.78. The van der Waals surface area contributed by atoms with Crippen molar-refractivity contribution in [3.05, 3.63) is 73.9 Å². The molecule has 0 unspecified atom stereocenters. The van der Waals surface area contributed by atoms with Gasteiger partial charge in [-0.2, -0.15) is 0 Å². The summed E-state index contributed by atoms with van der Waals surface area (Å²) in [5, 5.41) is 0.671. The molecule has 1 heterocycles. The Bertz CT molecular complexity index is 998. The van der Waals surface area contributed by atoms with Gasteiger partial charge in [0, 0.05) is 6.54 Å². The van der Waals surface area contributed by atoms with Gasteiger partial charge >= 0.3 is 0 Å². The van der Waals surface area contributed by atoms with Gasteiger partial charge in [-0.1, -0.05) is 56.9 Å². The summed E-state index contributed by atoms with van der Waals surface area (Å²) in [4.78, 5) is 28.3. The summed E-state index contributed by atoms with van der Waals surface area (Å²) < 4.78 is 6.63. The zero-order valence-corrected chi connectivity index (χ0v) is 16.9. The molecule has 0 aliphatic rings. The molecular weight excluding hydrogens is 352 g/mol. The van der Waals surface area contributed by atoms with Crippen molar-refractivity contribution in [3.8, 4) is 5.75 Å². The molecule has 0 atom stereocenters. The lowest BCUT2D eigenvalue weighted by molar-refractivity contribution is 0.415. The molecule has 2 rings (SSSR count). The van der Waals surface area contributed by atoms with Gasteiger partial charge in [0.1, 0.15) is 16.4 Å². The number of benzene rings is 1. The van der Waals surface area contributed by atoms with E-state index in [0.717, 1.165) is 30.6 Å². The van der Waals surface area contributed by atoms with Gasteiger partial charge in [-0.15, -0.1) is 6.58 Å². The number of methoxy groups -OCH3 is 1. The number of hydrogen-bond donors (Lipinski definition) is 1. The van der Waals surface area contributed by atoms with Crippen LogP contribution in [0.15, 0.2) is 46.5 Å². The minimum Gasteiger partial charge on any atom is -0.497 e. The van der Waals surface area contributed by atoms with Crippen molar-refractivity contribution in [1.29, 1.82) is 0 Å². The normalized spacial score (nSPS) is 12.4. The maximum atomic E-state index is 12.9. The number of H-pyrrole nitrogens is 1. The molecule has 0 fully saturated rings. The van der Waals surface area contributed by atoms with Crippen LogP contribution in [-0.2, 0) is 6.54 Å². The number of ether oxygens (including phenoxy) is 1. The van der Waals surface area contributed by atoms with Crippen molar-refractivity contribution in [3.63, 3.8) is 0 Å². The SMILES string of the molecule is C=CCn1c(=O)/c(=C/CCCCCCC)[nH]c(=O)/c1=C/c1ccc(OC)cc1. The third-order valence-corrected chi connectivity index (χ3v) is 4.63. The summed E-state index contributed by atoms with van der Waals surface area (Å²) in [5.74, 6) is 0.735. The maximum Gasteiger partial charge on any atom is 0.274 e. The van der Waals surface area contributed by atoms with Gasteiger partial charge in [0.2, 0.25) is 0 Å². The van der Waals surface area contributed by atoms with Crippen molar-refractivity contribution in [2.24, 2.45) is 0 Å². The number of aromatic nitrogens is 2. The molecular formula is C23H30N2O3. The molecule has 5 heteroatoms. The predicted octanol–water partition coefficient (Wildman–Crippen LogP) is 2.70. The van der Waals surface area contributed by atoms with Crippen molar-refractivity contribution >= 4 is 12.2 Å². The van der Waals surface area contributed by atoms with Crippen LogP contribution < -0.4 is 26.6 Å². The van der Waals surface area contributed by atoms with Crippen LogP contribution in [0.3, 0.4) is 0 Å². The van der Waals surface area contributed by atoms with E-state index in [2.05, 4.69) is 18.5 Å². The lowest BCUT2D eigenvalue weighted by Crippen LogP contribution is -2.53. The van der Waals surface area contributed by atoms with Crippen LogP contribution in [0.25, 0.3) is 12.2 Å². The van der Waals surface area contributed by atoms with Crippen LogP contribution in [0.1, 0.15) is 51.0 Å². The number of hydrogen-bond acceptors (Lipinski definition) is 3. The first-order valence-corrected chi connectivity index (χ1v) is 9.90. The van der Waals surface area contributed by atoms with Gasteiger partial charge < -0.3 is 9.72 Å². The van der Waals surface area contributed by atoms with Crippen molar-refractivity contribution in [1.82, 2.24) is 9.55 Å². The van der Waals surface area contributed by atoms with Gasteiger partial charge in [0.15, 0.2) is 0 Å². The number of aromatic amines is 1. The van der Waals surface area contributed by atoms with Crippen LogP contribution in [-0.4, -0.2) is 16.7 Å². The molecule has 0 radical (unpaired) electrons. The van der Waals surface area contributed by atoms with Gasteiger partial charge in [-0.3, -0.25) is 14.2 Å². The highest BCUT2D eigenvalue weighted by atomic mass is 16.5. The third kappa shape index (κ3) is 5.84. The molecule has 0 aliphatic heterocycles. The molecule has 1 aromatic heterocycles. The fraction of sp³-hybridized carbons (Fsp3) is 0.391. The predicted molar refractivity (Wildman–Crippen MR) is 115 cm³/mol. The Morgan fingerprint density at radius 1 is 1.11 bits per heavy atom. The summed E-state index contributed by atoms with van der Waals surface area (Å²) in [6.07, 6.45) is 11.8. The number of rotatable bonds is 10. The van der Waals surface area contributed by atoms with E-state index in [0.29, 0.717) is 10.7 Å². The number of nitrogens with zero attached hydrogens (tertiary/aromatic N) is 1. The minimum absolute atomic E-state index is 0.201. The topological polar surface area (TPSA) is 64.1 Å². The van der Waals surface area contributed by atoms with Crippen LogP contribution in [0.2, 0.25) is 0 Å². The van der Waals surface area contributed by atoms with E-state index in [9.17, 15) is 9.59 Å². The molecule has 0 amide bonds. The van der Waals surface area contributed by atoms with Gasteiger partial charge in [0.05, 0.1) is 7.11 Å². The van der Waals surface area contributed by atoms with E-state index in [4.69, 9.17) is 4.74 Å². The first kappa shape index (κ1) is 21.5. The Morgan fingerprint density at radius 2 is 1.82 bits per heavy atom. The first-order valence-electron chi connectivity index (χ1n) is 9.90. The first-order chi connectivity index (χ1) is 13.6. The average Bonchev–Trinajstić information content (AvgIpc) is 2.71. The average molecular weight is 383 g/mol. The Morgan fingerprint density at radius 3 is 2.46 bits per heavy atom. The van der Waals surface area contributed by atoms with E-state index in [1.807, 2.05) is 30.3 Å². The quantitative estimate of drug-likeness (QED) is 0.508. The molecule has 0 saturated heterocycles. The molecule has 0 saturated carbocycles.